The first-order chi connectivity index (χ1) is 10.3. The zero-order valence-corrected chi connectivity index (χ0v) is 12.5. The highest BCUT2D eigenvalue weighted by atomic mass is 15.0. The molecule has 1 heterocycles. The SMILES string of the molecule is CCn1c2ccccc2c2cc([C@H](N)CCCN)ccc21. The highest BCUT2D eigenvalue weighted by Crippen LogP contribution is 2.31. The number of hydrogen-bond donors (Lipinski definition) is 2. The van der Waals surface area contributed by atoms with Crippen LogP contribution in [-0.2, 0) is 6.54 Å². The molecule has 3 nitrogen and oxygen atoms in total. The topological polar surface area (TPSA) is 57.0 Å². The van der Waals surface area contributed by atoms with Crippen molar-refractivity contribution in [3.63, 3.8) is 0 Å². The van der Waals surface area contributed by atoms with Gasteiger partial charge in [0.1, 0.15) is 0 Å². The predicted octanol–water partition coefficient (Wildman–Crippen LogP) is 3.55. The molecule has 0 aliphatic heterocycles. The summed E-state index contributed by atoms with van der Waals surface area (Å²) in [5.74, 6) is 0. The standard InChI is InChI=1S/C18H23N3/c1-2-21-17-8-4-3-6-14(17)15-12-13(9-10-18(15)21)16(20)7-5-11-19/h3-4,6,8-10,12,16H,2,5,7,11,19-20H2,1H3/t16-/m1/s1. The minimum Gasteiger partial charge on any atom is -0.341 e. The first kappa shape index (κ1) is 14.1. The summed E-state index contributed by atoms with van der Waals surface area (Å²) in [4.78, 5) is 0. The Morgan fingerprint density at radius 3 is 2.57 bits per heavy atom. The maximum atomic E-state index is 6.29. The molecule has 0 bridgehead atoms. The Labute approximate surface area is 125 Å². The fraction of sp³-hybridized carbons (Fsp3) is 0.333. The molecule has 3 rings (SSSR count). The van der Waals surface area contributed by atoms with Crippen molar-refractivity contribution in [2.75, 3.05) is 6.54 Å². The molecule has 21 heavy (non-hydrogen) atoms. The van der Waals surface area contributed by atoms with E-state index in [9.17, 15) is 0 Å². The van der Waals surface area contributed by atoms with Gasteiger partial charge in [-0.2, -0.15) is 0 Å². The fourth-order valence-electron chi connectivity index (χ4n) is 3.15. The first-order valence-corrected chi connectivity index (χ1v) is 7.72. The molecule has 3 heteroatoms. The largest absolute Gasteiger partial charge is 0.341 e. The third-order valence-corrected chi connectivity index (χ3v) is 4.26. The molecule has 0 aliphatic rings. The lowest BCUT2D eigenvalue weighted by Gasteiger charge is -2.12. The number of benzene rings is 2. The fourth-order valence-corrected chi connectivity index (χ4v) is 3.15. The molecule has 1 aromatic heterocycles. The van der Waals surface area contributed by atoms with Gasteiger partial charge in [0.15, 0.2) is 0 Å². The molecule has 0 unspecified atom stereocenters. The van der Waals surface area contributed by atoms with E-state index in [2.05, 4.69) is 54.0 Å². The van der Waals surface area contributed by atoms with Gasteiger partial charge in [0.2, 0.25) is 0 Å². The molecule has 0 radical (unpaired) electrons. The summed E-state index contributed by atoms with van der Waals surface area (Å²) in [6, 6.07) is 15.3. The van der Waals surface area contributed by atoms with Gasteiger partial charge in [-0.05, 0) is 50.1 Å². The molecule has 3 aromatic rings. The van der Waals surface area contributed by atoms with Crippen LogP contribution in [0.15, 0.2) is 42.5 Å². The van der Waals surface area contributed by atoms with Gasteiger partial charge in [0, 0.05) is 34.4 Å². The van der Waals surface area contributed by atoms with E-state index < -0.39 is 0 Å². The number of aromatic nitrogens is 1. The third-order valence-electron chi connectivity index (χ3n) is 4.26. The second kappa shape index (κ2) is 5.88. The Morgan fingerprint density at radius 2 is 1.81 bits per heavy atom. The number of para-hydroxylation sites is 1. The van der Waals surface area contributed by atoms with Crippen LogP contribution in [0.5, 0.6) is 0 Å². The van der Waals surface area contributed by atoms with Crippen molar-refractivity contribution in [1.29, 1.82) is 0 Å². The van der Waals surface area contributed by atoms with Gasteiger partial charge in [0.05, 0.1) is 0 Å². The molecular formula is C18H23N3. The second-order valence-corrected chi connectivity index (χ2v) is 5.58. The van der Waals surface area contributed by atoms with Gasteiger partial charge in [0.25, 0.3) is 0 Å². The van der Waals surface area contributed by atoms with E-state index in [4.69, 9.17) is 11.5 Å². The number of fused-ring (bicyclic) bond motifs is 3. The van der Waals surface area contributed by atoms with E-state index in [1.165, 1.54) is 27.4 Å². The van der Waals surface area contributed by atoms with Crippen molar-refractivity contribution in [1.82, 2.24) is 4.57 Å². The van der Waals surface area contributed by atoms with Crippen LogP contribution in [0.3, 0.4) is 0 Å². The molecule has 0 saturated heterocycles. The third kappa shape index (κ3) is 2.43. The normalized spacial score (nSPS) is 13.1. The van der Waals surface area contributed by atoms with Gasteiger partial charge in [-0.1, -0.05) is 24.3 Å². The highest BCUT2D eigenvalue weighted by molar-refractivity contribution is 6.08. The van der Waals surface area contributed by atoms with Crippen molar-refractivity contribution in [3.8, 4) is 0 Å². The van der Waals surface area contributed by atoms with Crippen molar-refractivity contribution < 1.29 is 0 Å². The Balaban J connectivity index is 2.15. The minimum atomic E-state index is 0.0710. The Kier molecular flexibility index (Phi) is 3.95. The molecule has 2 aromatic carbocycles. The molecule has 0 saturated carbocycles. The lowest BCUT2D eigenvalue weighted by molar-refractivity contribution is 0.618. The minimum absolute atomic E-state index is 0.0710. The van der Waals surface area contributed by atoms with E-state index in [-0.39, 0.29) is 6.04 Å². The molecule has 0 amide bonds. The smallest absolute Gasteiger partial charge is 0.0491 e. The van der Waals surface area contributed by atoms with Crippen molar-refractivity contribution in [2.24, 2.45) is 11.5 Å². The average molecular weight is 281 g/mol. The van der Waals surface area contributed by atoms with Crippen molar-refractivity contribution >= 4 is 21.8 Å². The lowest BCUT2D eigenvalue weighted by Crippen LogP contribution is -2.12. The van der Waals surface area contributed by atoms with Crippen LogP contribution in [0.4, 0.5) is 0 Å². The second-order valence-electron chi connectivity index (χ2n) is 5.58. The Hall–Kier alpha value is -1.84. The van der Waals surface area contributed by atoms with Crippen molar-refractivity contribution in [3.05, 3.63) is 48.0 Å². The van der Waals surface area contributed by atoms with E-state index in [1.807, 2.05) is 0 Å². The van der Waals surface area contributed by atoms with Crippen LogP contribution in [0.25, 0.3) is 21.8 Å². The van der Waals surface area contributed by atoms with Crippen molar-refractivity contribution in [2.45, 2.75) is 32.4 Å². The number of aryl methyl sites for hydroxylation is 1. The van der Waals surface area contributed by atoms with Gasteiger partial charge in [-0.25, -0.2) is 0 Å². The van der Waals surface area contributed by atoms with Gasteiger partial charge < -0.3 is 16.0 Å². The van der Waals surface area contributed by atoms with E-state index in [0.717, 1.165) is 19.4 Å². The number of nitrogens with zero attached hydrogens (tertiary/aromatic N) is 1. The van der Waals surface area contributed by atoms with Gasteiger partial charge >= 0.3 is 0 Å². The van der Waals surface area contributed by atoms with E-state index >= 15 is 0 Å². The van der Waals surface area contributed by atoms with Gasteiger partial charge in [-0.15, -0.1) is 0 Å². The van der Waals surface area contributed by atoms with Crippen LogP contribution in [-0.4, -0.2) is 11.1 Å². The Morgan fingerprint density at radius 1 is 1.05 bits per heavy atom. The van der Waals surface area contributed by atoms with Crippen LogP contribution in [0.2, 0.25) is 0 Å². The number of rotatable bonds is 5. The molecule has 0 spiro atoms. The molecular weight excluding hydrogens is 258 g/mol. The van der Waals surface area contributed by atoms with Crippen LogP contribution in [0.1, 0.15) is 31.4 Å². The molecule has 110 valence electrons. The lowest BCUT2D eigenvalue weighted by atomic mass is 10.0. The summed E-state index contributed by atoms with van der Waals surface area (Å²) in [6.45, 7) is 3.86. The molecule has 0 aliphatic carbocycles. The maximum Gasteiger partial charge on any atom is 0.0491 e. The Bertz CT molecular complexity index is 758. The summed E-state index contributed by atoms with van der Waals surface area (Å²) in [5, 5.41) is 2.61. The highest BCUT2D eigenvalue weighted by Gasteiger charge is 2.12. The summed E-state index contributed by atoms with van der Waals surface area (Å²) in [6.07, 6.45) is 1.91. The summed E-state index contributed by atoms with van der Waals surface area (Å²) in [7, 11) is 0. The number of nitrogens with two attached hydrogens (primary N) is 2. The van der Waals surface area contributed by atoms with Crippen LogP contribution >= 0.6 is 0 Å². The summed E-state index contributed by atoms with van der Waals surface area (Å²) >= 11 is 0. The molecule has 1 atom stereocenters. The van der Waals surface area contributed by atoms with Crippen LogP contribution in [0, 0.1) is 0 Å². The van der Waals surface area contributed by atoms with Crippen LogP contribution < -0.4 is 11.5 Å². The summed E-state index contributed by atoms with van der Waals surface area (Å²) < 4.78 is 2.36. The maximum absolute atomic E-state index is 6.29. The van der Waals surface area contributed by atoms with E-state index in [0.29, 0.717) is 6.54 Å². The monoisotopic (exact) mass is 281 g/mol. The zero-order chi connectivity index (χ0) is 14.8. The summed E-state index contributed by atoms with van der Waals surface area (Å²) in [5.41, 5.74) is 15.7. The zero-order valence-electron chi connectivity index (χ0n) is 12.5. The molecule has 4 N–H and O–H groups in total. The quantitative estimate of drug-likeness (QED) is 0.751. The number of hydrogen-bond acceptors (Lipinski definition) is 2. The van der Waals surface area contributed by atoms with E-state index in [1.54, 1.807) is 0 Å². The van der Waals surface area contributed by atoms with Gasteiger partial charge in [-0.3, -0.25) is 0 Å². The molecule has 0 fully saturated rings. The average Bonchev–Trinajstić information content (AvgIpc) is 2.85. The first-order valence-electron chi connectivity index (χ1n) is 7.72. The predicted molar refractivity (Wildman–Crippen MR) is 90.3 cm³/mol.